The van der Waals surface area contributed by atoms with Crippen LogP contribution >= 0.6 is 11.8 Å². The summed E-state index contributed by atoms with van der Waals surface area (Å²) in [7, 11) is 4.28. The Labute approximate surface area is 100 Å². The highest BCUT2D eigenvalue weighted by Crippen LogP contribution is 2.13. The fourth-order valence-electron chi connectivity index (χ4n) is 1.78. The smallest absolute Gasteiger partial charge is 0.00387 e. The van der Waals surface area contributed by atoms with Crippen LogP contribution in [0.4, 0.5) is 0 Å². The SMILES string of the molecule is CCSCCCNCC(C)(C)CN(C)C. The predicted octanol–water partition coefficient (Wildman–Crippen LogP) is 2.31. The van der Waals surface area contributed by atoms with Crippen LogP contribution in [0, 0.1) is 5.41 Å². The molecule has 0 heterocycles. The number of thioether (sulfide) groups is 1. The highest BCUT2D eigenvalue weighted by atomic mass is 32.2. The van der Waals surface area contributed by atoms with Crippen molar-refractivity contribution < 1.29 is 0 Å². The quantitative estimate of drug-likeness (QED) is 0.614. The van der Waals surface area contributed by atoms with Gasteiger partial charge in [0.2, 0.25) is 0 Å². The Hall–Kier alpha value is 0.270. The lowest BCUT2D eigenvalue weighted by molar-refractivity contribution is 0.233. The molecule has 0 spiro atoms. The maximum absolute atomic E-state index is 3.55. The van der Waals surface area contributed by atoms with Gasteiger partial charge in [0.05, 0.1) is 0 Å². The zero-order chi connectivity index (χ0) is 11.7. The van der Waals surface area contributed by atoms with Crippen LogP contribution in [0.3, 0.4) is 0 Å². The van der Waals surface area contributed by atoms with E-state index in [0.29, 0.717) is 5.41 Å². The highest BCUT2D eigenvalue weighted by Gasteiger charge is 2.17. The summed E-state index contributed by atoms with van der Waals surface area (Å²) in [5.41, 5.74) is 0.376. The van der Waals surface area contributed by atoms with E-state index in [1.54, 1.807) is 0 Å². The molecule has 3 heteroatoms. The molecule has 0 saturated heterocycles. The Morgan fingerprint density at radius 3 is 2.47 bits per heavy atom. The Morgan fingerprint density at radius 1 is 1.27 bits per heavy atom. The molecule has 0 aliphatic carbocycles. The summed E-state index contributed by atoms with van der Waals surface area (Å²) in [5.74, 6) is 2.53. The van der Waals surface area contributed by atoms with E-state index in [1.807, 2.05) is 11.8 Å². The highest BCUT2D eigenvalue weighted by molar-refractivity contribution is 7.99. The van der Waals surface area contributed by atoms with Crippen molar-refractivity contribution in [1.29, 1.82) is 0 Å². The second kappa shape index (κ2) is 8.43. The minimum atomic E-state index is 0.376. The van der Waals surface area contributed by atoms with Crippen LogP contribution in [0.15, 0.2) is 0 Å². The molecule has 0 amide bonds. The first-order valence-corrected chi connectivity index (χ1v) is 7.06. The zero-order valence-corrected chi connectivity index (χ0v) is 11.9. The number of hydrogen-bond acceptors (Lipinski definition) is 3. The van der Waals surface area contributed by atoms with E-state index in [1.165, 1.54) is 17.9 Å². The van der Waals surface area contributed by atoms with Gasteiger partial charge in [-0.15, -0.1) is 0 Å². The molecular formula is C12H28N2S. The van der Waals surface area contributed by atoms with Gasteiger partial charge < -0.3 is 10.2 Å². The summed E-state index contributed by atoms with van der Waals surface area (Å²) in [4.78, 5) is 2.26. The number of nitrogens with zero attached hydrogens (tertiary/aromatic N) is 1. The van der Waals surface area contributed by atoms with Crippen molar-refractivity contribution in [2.75, 3.05) is 45.2 Å². The molecule has 0 aromatic carbocycles. The van der Waals surface area contributed by atoms with Crippen molar-refractivity contribution in [3.8, 4) is 0 Å². The van der Waals surface area contributed by atoms with Crippen LogP contribution in [-0.4, -0.2) is 50.1 Å². The van der Waals surface area contributed by atoms with Crippen LogP contribution < -0.4 is 5.32 Å². The van der Waals surface area contributed by atoms with Gasteiger partial charge in [-0.2, -0.15) is 11.8 Å². The van der Waals surface area contributed by atoms with E-state index in [-0.39, 0.29) is 0 Å². The molecule has 0 atom stereocenters. The van der Waals surface area contributed by atoms with Crippen LogP contribution in [0.2, 0.25) is 0 Å². The standard InChI is InChI=1S/C12H28N2S/c1-6-15-9-7-8-13-10-12(2,3)11-14(4)5/h13H,6-11H2,1-5H3. The molecule has 1 N–H and O–H groups in total. The third-order valence-electron chi connectivity index (χ3n) is 2.19. The molecule has 0 fully saturated rings. The van der Waals surface area contributed by atoms with Gasteiger partial charge in [0, 0.05) is 13.1 Å². The van der Waals surface area contributed by atoms with Gasteiger partial charge in [-0.25, -0.2) is 0 Å². The van der Waals surface area contributed by atoms with Crippen LogP contribution in [0.25, 0.3) is 0 Å². The van der Waals surface area contributed by atoms with Crippen LogP contribution in [0.5, 0.6) is 0 Å². The first-order chi connectivity index (χ1) is 6.98. The minimum absolute atomic E-state index is 0.376. The lowest BCUT2D eigenvalue weighted by Crippen LogP contribution is -2.38. The van der Waals surface area contributed by atoms with E-state index < -0.39 is 0 Å². The van der Waals surface area contributed by atoms with Crippen molar-refractivity contribution in [3.05, 3.63) is 0 Å². The van der Waals surface area contributed by atoms with Gasteiger partial charge >= 0.3 is 0 Å². The van der Waals surface area contributed by atoms with E-state index in [0.717, 1.165) is 19.6 Å². The maximum atomic E-state index is 3.55. The molecule has 0 rings (SSSR count). The van der Waals surface area contributed by atoms with Gasteiger partial charge in [0.1, 0.15) is 0 Å². The van der Waals surface area contributed by atoms with E-state index in [9.17, 15) is 0 Å². The fraction of sp³-hybridized carbons (Fsp3) is 1.00. The lowest BCUT2D eigenvalue weighted by Gasteiger charge is -2.28. The van der Waals surface area contributed by atoms with Gasteiger partial charge in [0.15, 0.2) is 0 Å². The molecular weight excluding hydrogens is 204 g/mol. The monoisotopic (exact) mass is 232 g/mol. The molecule has 0 bridgehead atoms. The molecule has 0 saturated carbocycles. The summed E-state index contributed by atoms with van der Waals surface area (Å²) in [6.07, 6.45) is 1.29. The third-order valence-corrected chi connectivity index (χ3v) is 3.18. The molecule has 0 unspecified atom stereocenters. The molecule has 0 aliphatic rings. The van der Waals surface area contributed by atoms with E-state index in [2.05, 4.69) is 45.1 Å². The van der Waals surface area contributed by atoms with Gasteiger partial charge in [0.25, 0.3) is 0 Å². The molecule has 0 aromatic rings. The topological polar surface area (TPSA) is 15.3 Å². The molecule has 0 radical (unpaired) electrons. The Balaban J connectivity index is 3.40. The van der Waals surface area contributed by atoms with Crippen molar-refractivity contribution in [2.45, 2.75) is 27.2 Å². The van der Waals surface area contributed by atoms with Crippen LogP contribution in [-0.2, 0) is 0 Å². The van der Waals surface area contributed by atoms with E-state index >= 15 is 0 Å². The maximum Gasteiger partial charge on any atom is 0.00387 e. The average Bonchev–Trinajstić information content (AvgIpc) is 2.08. The number of rotatable bonds is 9. The summed E-state index contributed by atoms with van der Waals surface area (Å²) >= 11 is 2.03. The van der Waals surface area contributed by atoms with Crippen molar-refractivity contribution in [2.24, 2.45) is 5.41 Å². The Bertz CT molecular complexity index is 147. The summed E-state index contributed by atoms with van der Waals surface area (Å²) in [6.45, 7) is 10.3. The largest absolute Gasteiger partial charge is 0.316 e. The summed E-state index contributed by atoms with van der Waals surface area (Å²) in [6, 6.07) is 0. The molecule has 0 aromatic heterocycles. The number of nitrogens with one attached hydrogen (secondary N) is 1. The molecule has 92 valence electrons. The average molecular weight is 232 g/mol. The summed E-state index contributed by atoms with van der Waals surface area (Å²) < 4.78 is 0. The van der Waals surface area contributed by atoms with Gasteiger partial charge in [-0.05, 0) is 44.0 Å². The second-order valence-corrected chi connectivity index (χ2v) is 6.52. The lowest BCUT2D eigenvalue weighted by atomic mass is 9.93. The summed E-state index contributed by atoms with van der Waals surface area (Å²) in [5, 5.41) is 3.55. The molecule has 2 nitrogen and oxygen atoms in total. The number of hydrogen-bond donors (Lipinski definition) is 1. The minimum Gasteiger partial charge on any atom is -0.316 e. The van der Waals surface area contributed by atoms with Gasteiger partial charge in [-0.1, -0.05) is 20.8 Å². The van der Waals surface area contributed by atoms with Crippen LogP contribution in [0.1, 0.15) is 27.2 Å². The zero-order valence-electron chi connectivity index (χ0n) is 11.1. The Kier molecular flexibility index (Phi) is 8.58. The normalized spacial score (nSPS) is 12.4. The third kappa shape index (κ3) is 10.6. The predicted molar refractivity (Wildman–Crippen MR) is 72.8 cm³/mol. The molecule has 0 aliphatic heterocycles. The van der Waals surface area contributed by atoms with Crippen molar-refractivity contribution in [3.63, 3.8) is 0 Å². The Morgan fingerprint density at radius 2 is 1.93 bits per heavy atom. The second-order valence-electron chi connectivity index (χ2n) is 5.13. The first kappa shape index (κ1) is 15.3. The van der Waals surface area contributed by atoms with Crippen molar-refractivity contribution >= 4 is 11.8 Å². The van der Waals surface area contributed by atoms with Crippen molar-refractivity contribution in [1.82, 2.24) is 10.2 Å². The van der Waals surface area contributed by atoms with Gasteiger partial charge in [-0.3, -0.25) is 0 Å². The fourth-order valence-corrected chi connectivity index (χ4v) is 2.42. The van der Waals surface area contributed by atoms with E-state index in [4.69, 9.17) is 0 Å². The molecule has 15 heavy (non-hydrogen) atoms. The first-order valence-electron chi connectivity index (χ1n) is 5.91.